The van der Waals surface area contributed by atoms with Crippen molar-refractivity contribution in [2.75, 3.05) is 24.2 Å². The second kappa shape index (κ2) is 14.0. The second-order valence-corrected chi connectivity index (χ2v) is 10.9. The molecule has 37 heavy (non-hydrogen) atoms. The van der Waals surface area contributed by atoms with E-state index in [1.165, 1.54) is 28.4 Å². The van der Waals surface area contributed by atoms with Gasteiger partial charge in [-0.05, 0) is 68.1 Å². The van der Waals surface area contributed by atoms with Crippen LogP contribution >= 0.6 is 0 Å². The highest BCUT2D eigenvalue weighted by Crippen LogP contribution is 2.22. The quantitative estimate of drug-likeness (QED) is 0.393. The summed E-state index contributed by atoms with van der Waals surface area (Å²) < 4.78 is 44.7. The summed E-state index contributed by atoms with van der Waals surface area (Å²) in [5.74, 6) is -0.311. The first-order valence-corrected chi connectivity index (χ1v) is 14.3. The summed E-state index contributed by atoms with van der Waals surface area (Å²) in [6.45, 7) is 5.93. The van der Waals surface area contributed by atoms with Crippen LogP contribution in [0.5, 0.6) is 5.75 Å². The molecule has 0 aromatic heterocycles. The number of hydrogen-bond donors (Lipinski definition) is 1. The molecule has 0 heterocycles. The average molecular weight is 536 g/mol. The maximum atomic E-state index is 13.4. The number of hydrogen-bond acceptors (Lipinski definition) is 5. The smallest absolute Gasteiger partial charge is 0.243 e. The number of nitrogens with zero attached hydrogens (tertiary/aromatic N) is 2. The minimum atomic E-state index is -3.59. The van der Waals surface area contributed by atoms with Gasteiger partial charge in [0.05, 0.1) is 19.1 Å². The molecule has 2 atom stereocenters. The van der Waals surface area contributed by atoms with Crippen LogP contribution in [0, 0.1) is 5.82 Å². The molecule has 2 amide bonds. The summed E-state index contributed by atoms with van der Waals surface area (Å²) in [6.07, 6.45) is 2.56. The lowest BCUT2D eigenvalue weighted by atomic mass is 10.1. The number of halogens is 1. The zero-order chi connectivity index (χ0) is 27.6. The monoisotopic (exact) mass is 535 g/mol. The number of nitrogens with one attached hydrogen (secondary N) is 1. The van der Waals surface area contributed by atoms with E-state index in [0.717, 1.165) is 12.7 Å². The third-order valence-electron chi connectivity index (χ3n) is 6.17. The number of rotatable bonds is 14. The van der Waals surface area contributed by atoms with Crippen LogP contribution < -0.4 is 14.4 Å². The van der Waals surface area contributed by atoms with E-state index in [0.29, 0.717) is 23.4 Å². The maximum absolute atomic E-state index is 13.4. The van der Waals surface area contributed by atoms with E-state index in [9.17, 15) is 22.4 Å². The molecule has 1 N–H and O–H groups in total. The van der Waals surface area contributed by atoms with Crippen molar-refractivity contribution in [3.05, 3.63) is 59.9 Å². The molecule has 0 bridgehead atoms. The average Bonchev–Trinajstić information content (AvgIpc) is 2.86. The van der Waals surface area contributed by atoms with Crippen LogP contribution in [-0.2, 0) is 26.2 Å². The number of amides is 2. The maximum Gasteiger partial charge on any atom is 0.243 e. The van der Waals surface area contributed by atoms with Crippen molar-refractivity contribution in [2.24, 2.45) is 0 Å². The van der Waals surface area contributed by atoms with Crippen molar-refractivity contribution in [1.82, 2.24) is 10.2 Å². The van der Waals surface area contributed by atoms with E-state index in [4.69, 9.17) is 4.74 Å². The van der Waals surface area contributed by atoms with Gasteiger partial charge < -0.3 is 15.0 Å². The van der Waals surface area contributed by atoms with E-state index in [1.54, 1.807) is 36.4 Å². The Labute approximate surface area is 219 Å². The molecule has 0 saturated heterocycles. The molecule has 0 aliphatic carbocycles. The van der Waals surface area contributed by atoms with Gasteiger partial charge in [0.2, 0.25) is 21.8 Å². The molecule has 204 valence electrons. The van der Waals surface area contributed by atoms with E-state index in [-0.39, 0.29) is 49.6 Å². The normalized spacial score (nSPS) is 12.9. The molecule has 0 saturated carbocycles. The highest BCUT2D eigenvalue weighted by atomic mass is 32.2. The Kier molecular flexibility index (Phi) is 11.4. The molecule has 2 rings (SSSR count). The fourth-order valence-electron chi connectivity index (χ4n) is 3.90. The second-order valence-electron chi connectivity index (χ2n) is 9.03. The number of anilines is 1. The summed E-state index contributed by atoms with van der Waals surface area (Å²) in [5.41, 5.74) is 1.17. The van der Waals surface area contributed by atoms with Crippen molar-refractivity contribution in [3.63, 3.8) is 0 Å². The van der Waals surface area contributed by atoms with Gasteiger partial charge in [-0.25, -0.2) is 12.8 Å². The van der Waals surface area contributed by atoms with E-state index < -0.39 is 16.1 Å². The summed E-state index contributed by atoms with van der Waals surface area (Å²) in [6, 6.07) is 11.7. The molecular formula is C27H38FN3O5S. The summed E-state index contributed by atoms with van der Waals surface area (Å²) in [7, 11) is -2.06. The Morgan fingerprint density at radius 3 is 2.16 bits per heavy atom. The first kappa shape index (κ1) is 30.1. The lowest BCUT2D eigenvalue weighted by molar-refractivity contribution is -0.141. The van der Waals surface area contributed by atoms with E-state index in [2.05, 4.69) is 5.32 Å². The fraction of sp³-hybridized carbons (Fsp3) is 0.481. The number of ether oxygens (including phenoxy) is 1. The Balaban J connectivity index is 2.21. The van der Waals surface area contributed by atoms with Crippen LogP contribution in [0.4, 0.5) is 10.1 Å². The zero-order valence-corrected chi connectivity index (χ0v) is 23.1. The standard InChI is InChI=1S/C27H38FN3O5S/c1-6-20(3)29-27(33)25(7-2)30(19-21-10-12-22(28)13-11-21)26(32)9-8-18-31(37(5,34)35)23-14-16-24(36-4)17-15-23/h10-17,20,25H,6-9,18-19H2,1-5H3,(H,29,33). The number of carbonyl (C=O) groups is 2. The van der Waals surface area contributed by atoms with Crippen molar-refractivity contribution in [1.29, 1.82) is 0 Å². The summed E-state index contributed by atoms with van der Waals surface area (Å²) in [4.78, 5) is 27.9. The van der Waals surface area contributed by atoms with Gasteiger partial charge in [0.15, 0.2) is 0 Å². The lowest BCUT2D eigenvalue weighted by Crippen LogP contribution is -2.50. The molecule has 0 aliphatic rings. The predicted molar refractivity (Wildman–Crippen MR) is 143 cm³/mol. The Morgan fingerprint density at radius 1 is 1.03 bits per heavy atom. The minimum Gasteiger partial charge on any atom is -0.497 e. The molecule has 2 aromatic carbocycles. The SMILES string of the molecule is CCC(C)NC(=O)C(CC)N(Cc1ccc(F)cc1)C(=O)CCCN(c1ccc(OC)cc1)S(C)(=O)=O. The van der Waals surface area contributed by atoms with Gasteiger partial charge in [-0.1, -0.05) is 26.0 Å². The lowest BCUT2D eigenvalue weighted by Gasteiger charge is -2.32. The molecule has 8 nitrogen and oxygen atoms in total. The van der Waals surface area contributed by atoms with Gasteiger partial charge >= 0.3 is 0 Å². The highest BCUT2D eigenvalue weighted by molar-refractivity contribution is 7.92. The minimum absolute atomic E-state index is 0.0382. The molecule has 0 radical (unpaired) electrons. The van der Waals surface area contributed by atoms with Crippen LogP contribution in [-0.4, -0.2) is 57.1 Å². The molecule has 0 spiro atoms. The molecule has 2 aromatic rings. The molecule has 10 heteroatoms. The molecule has 2 unspecified atom stereocenters. The largest absolute Gasteiger partial charge is 0.497 e. The third kappa shape index (κ3) is 9.03. The van der Waals surface area contributed by atoms with Gasteiger partial charge in [-0.2, -0.15) is 0 Å². The summed E-state index contributed by atoms with van der Waals surface area (Å²) in [5, 5.41) is 2.95. The molecule has 0 aliphatic heterocycles. The topological polar surface area (TPSA) is 96.0 Å². The number of sulfonamides is 1. The highest BCUT2D eigenvalue weighted by Gasteiger charge is 2.29. The Hall–Kier alpha value is -3.14. The first-order chi connectivity index (χ1) is 17.5. The van der Waals surface area contributed by atoms with Crippen LogP contribution in [0.1, 0.15) is 52.0 Å². The number of methoxy groups -OCH3 is 1. The van der Waals surface area contributed by atoms with Crippen molar-refractivity contribution in [2.45, 2.75) is 65.1 Å². The number of carbonyl (C=O) groups excluding carboxylic acids is 2. The van der Waals surface area contributed by atoms with Crippen LogP contribution in [0.3, 0.4) is 0 Å². The van der Waals surface area contributed by atoms with Gasteiger partial charge in [-0.15, -0.1) is 0 Å². The first-order valence-electron chi connectivity index (χ1n) is 12.5. The Morgan fingerprint density at radius 2 is 1.65 bits per heavy atom. The fourth-order valence-corrected chi connectivity index (χ4v) is 4.86. The van der Waals surface area contributed by atoms with Crippen LogP contribution in [0.15, 0.2) is 48.5 Å². The van der Waals surface area contributed by atoms with Crippen LogP contribution in [0.25, 0.3) is 0 Å². The Bertz CT molecular complexity index is 1120. The van der Waals surface area contributed by atoms with Gasteiger partial charge in [0.1, 0.15) is 17.6 Å². The van der Waals surface area contributed by atoms with Gasteiger partial charge in [0.25, 0.3) is 0 Å². The number of benzene rings is 2. The van der Waals surface area contributed by atoms with E-state index in [1.807, 2.05) is 20.8 Å². The molecular weight excluding hydrogens is 497 g/mol. The van der Waals surface area contributed by atoms with E-state index >= 15 is 0 Å². The van der Waals surface area contributed by atoms with Crippen molar-refractivity contribution >= 4 is 27.5 Å². The third-order valence-corrected chi connectivity index (χ3v) is 7.36. The summed E-state index contributed by atoms with van der Waals surface area (Å²) >= 11 is 0. The van der Waals surface area contributed by atoms with Crippen molar-refractivity contribution < 1.29 is 27.1 Å². The van der Waals surface area contributed by atoms with Gasteiger partial charge in [-0.3, -0.25) is 13.9 Å². The predicted octanol–water partition coefficient (Wildman–Crippen LogP) is 4.10. The van der Waals surface area contributed by atoms with Crippen LogP contribution in [0.2, 0.25) is 0 Å². The van der Waals surface area contributed by atoms with Gasteiger partial charge in [0, 0.05) is 25.6 Å². The zero-order valence-electron chi connectivity index (χ0n) is 22.2. The van der Waals surface area contributed by atoms with Crippen molar-refractivity contribution in [3.8, 4) is 5.75 Å². The molecule has 0 fully saturated rings.